The molecule has 0 radical (unpaired) electrons. The van der Waals surface area contributed by atoms with Crippen molar-refractivity contribution < 1.29 is 9.59 Å². The van der Waals surface area contributed by atoms with Gasteiger partial charge in [-0.3, -0.25) is 9.59 Å². The molecule has 1 heterocycles. The zero-order valence-electron chi connectivity index (χ0n) is 23.3. The molecule has 4 aromatic rings. The van der Waals surface area contributed by atoms with Crippen LogP contribution in [0.4, 0.5) is 5.69 Å². The van der Waals surface area contributed by atoms with Gasteiger partial charge in [0.25, 0.3) is 5.91 Å². The van der Waals surface area contributed by atoms with Gasteiger partial charge >= 0.3 is 0 Å². The number of benzene rings is 3. The average Bonchev–Trinajstić information content (AvgIpc) is 3.35. The van der Waals surface area contributed by atoms with Gasteiger partial charge in [0.15, 0.2) is 0 Å². The Hall–Kier alpha value is -3.19. The highest BCUT2D eigenvalue weighted by atomic mass is 35.5. The minimum Gasteiger partial charge on any atom is -0.331 e. The summed E-state index contributed by atoms with van der Waals surface area (Å²) in [6.45, 7) is 2.71. The molecule has 0 bridgehead atoms. The second kappa shape index (κ2) is 12.5. The Morgan fingerprint density at radius 3 is 2.35 bits per heavy atom. The molecule has 7 heteroatoms. The summed E-state index contributed by atoms with van der Waals surface area (Å²) in [7, 11) is 3.77. The smallest absolute Gasteiger partial charge is 0.266 e. The fourth-order valence-electron chi connectivity index (χ4n) is 5.76. The maximum Gasteiger partial charge on any atom is 0.266 e. The van der Waals surface area contributed by atoms with Crippen LogP contribution in [0.1, 0.15) is 53.4 Å². The van der Waals surface area contributed by atoms with Crippen molar-refractivity contribution in [3.8, 4) is 11.1 Å². The Labute approximate surface area is 245 Å². The van der Waals surface area contributed by atoms with Gasteiger partial charge in [-0.15, -0.1) is 11.3 Å². The minimum absolute atomic E-state index is 0.0211. The number of carbonyl (C=O) groups excluding carboxylic acids is 2. The number of fused-ring (bicyclic) bond motifs is 1. The first-order chi connectivity index (χ1) is 19.4. The van der Waals surface area contributed by atoms with Crippen LogP contribution >= 0.6 is 22.9 Å². The van der Waals surface area contributed by atoms with Gasteiger partial charge in [0.05, 0.1) is 5.02 Å². The third-order valence-corrected chi connectivity index (χ3v) is 9.89. The standard InChI is InChI=1S/C33H36ClN3O2S/c1-4-22-9-10-24(23-11-15-27(16-12-23)36(3)21-38)19-25(22)20-37(28-17-13-26(35-2)14-18-28)33(39)32-31(34)29-7-5-6-8-30(29)40-32/h5-12,15-16,19,21,26,28,35H,4,13-14,17-18,20H2,1-3H3. The molecule has 1 saturated carbocycles. The molecule has 1 aromatic heterocycles. The van der Waals surface area contributed by atoms with Gasteiger partial charge in [-0.05, 0) is 85.7 Å². The molecule has 0 atom stereocenters. The summed E-state index contributed by atoms with van der Waals surface area (Å²) in [6.07, 6.45) is 5.72. The van der Waals surface area contributed by atoms with Crippen molar-refractivity contribution in [2.45, 2.75) is 57.7 Å². The number of nitrogens with zero attached hydrogens (tertiary/aromatic N) is 2. The third kappa shape index (κ3) is 5.80. The van der Waals surface area contributed by atoms with Crippen molar-refractivity contribution in [2.24, 2.45) is 0 Å². The first-order valence-electron chi connectivity index (χ1n) is 14.0. The molecule has 40 heavy (non-hydrogen) atoms. The summed E-state index contributed by atoms with van der Waals surface area (Å²) < 4.78 is 1.04. The lowest BCUT2D eigenvalue weighted by atomic mass is 9.89. The Morgan fingerprint density at radius 2 is 1.70 bits per heavy atom. The van der Waals surface area contributed by atoms with Crippen LogP contribution in [0, 0.1) is 0 Å². The van der Waals surface area contributed by atoms with Crippen LogP contribution in [0.2, 0.25) is 5.02 Å². The van der Waals surface area contributed by atoms with E-state index in [4.69, 9.17) is 11.6 Å². The summed E-state index contributed by atoms with van der Waals surface area (Å²) in [4.78, 5) is 29.7. The summed E-state index contributed by atoms with van der Waals surface area (Å²) in [5.74, 6) is 0.0211. The van der Waals surface area contributed by atoms with E-state index in [0.717, 1.165) is 71.0 Å². The number of anilines is 1. The summed E-state index contributed by atoms with van der Waals surface area (Å²) >= 11 is 8.31. The second-order valence-electron chi connectivity index (χ2n) is 10.6. The van der Waals surface area contributed by atoms with Crippen molar-refractivity contribution in [2.75, 3.05) is 19.0 Å². The fourth-order valence-corrected chi connectivity index (χ4v) is 7.22. The molecule has 1 aliphatic carbocycles. The molecule has 0 unspecified atom stereocenters. The average molecular weight is 574 g/mol. The van der Waals surface area contributed by atoms with Gasteiger partial charge in [0.1, 0.15) is 4.88 Å². The quantitative estimate of drug-likeness (QED) is 0.210. The number of halogens is 1. The number of amides is 2. The van der Waals surface area contributed by atoms with E-state index < -0.39 is 0 Å². The predicted molar refractivity (Wildman–Crippen MR) is 168 cm³/mol. The zero-order chi connectivity index (χ0) is 28.2. The molecule has 1 fully saturated rings. The topological polar surface area (TPSA) is 52.7 Å². The van der Waals surface area contributed by atoms with Crippen LogP contribution in [0.15, 0.2) is 66.7 Å². The Balaban J connectivity index is 1.50. The van der Waals surface area contributed by atoms with Crippen LogP contribution in [0.5, 0.6) is 0 Å². The highest BCUT2D eigenvalue weighted by Gasteiger charge is 2.32. The van der Waals surface area contributed by atoms with Crippen LogP contribution in [-0.2, 0) is 17.8 Å². The summed E-state index contributed by atoms with van der Waals surface area (Å²) in [5.41, 5.74) is 5.42. The minimum atomic E-state index is 0.0211. The van der Waals surface area contributed by atoms with Gasteiger partial charge in [0.2, 0.25) is 6.41 Å². The number of aryl methyl sites for hydroxylation is 1. The first-order valence-corrected chi connectivity index (χ1v) is 15.2. The van der Waals surface area contributed by atoms with Gasteiger partial charge in [-0.25, -0.2) is 0 Å². The van der Waals surface area contributed by atoms with Gasteiger partial charge in [-0.1, -0.05) is 61.0 Å². The maximum absolute atomic E-state index is 14.3. The van der Waals surface area contributed by atoms with Crippen LogP contribution in [0.25, 0.3) is 21.2 Å². The number of hydrogen-bond donors (Lipinski definition) is 1. The summed E-state index contributed by atoms with van der Waals surface area (Å²) in [6, 6.07) is 23.2. The van der Waals surface area contributed by atoms with Crippen molar-refractivity contribution in [1.82, 2.24) is 10.2 Å². The lowest BCUT2D eigenvalue weighted by Crippen LogP contribution is -2.44. The number of thiophene rings is 1. The van der Waals surface area contributed by atoms with Crippen LogP contribution in [0.3, 0.4) is 0 Å². The zero-order valence-corrected chi connectivity index (χ0v) is 24.9. The largest absolute Gasteiger partial charge is 0.331 e. The highest BCUT2D eigenvalue weighted by Crippen LogP contribution is 2.38. The Morgan fingerprint density at radius 1 is 1.00 bits per heavy atom. The Kier molecular flexibility index (Phi) is 8.89. The number of hydrogen-bond acceptors (Lipinski definition) is 4. The molecule has 5 nitrogen and oxygen atoms in total. The van der Waals surface area contributed by atoms with E-state index in [1.807, 2.05) is 55.6 Å². The lowest BCUT2D eigenvalue weighted by molar-refractivity contribution is -0.107. The Bertz CT molecular complexity index is 1490. The van der Waals surface area contributed by atoms with Gasteiger partial charge in [-0.2, -0.15) is 0 Å². The lowest BCUT2D eigenvalue weighted by Gasteiger charge is -2.37. The predicted octanol–water partition coefficient (Wildman–Crippen LogP) is 7.55. The molecule has 0 spiro atoms. The molecule has 2 amide bonds. The monoisotopic (exact) mass is 573 g/mol. The van der Waals surface area contributed by atoms with Crippen molar-refractivity contribution in [1.29, 1.82) is 0 Å². The number of rotatable bonds is 9. The molecule has 0 saturated heterocycles. The van der Waals surface area contributed by atoms with Crippen molar-refractivity contribution in [3.05, 3.63) is 87.8 Å². The van der Waals surface area contributed by atoms with Crippen LogP contribution in [-0.4, -0.2) is 43.4 Å². The molecular formula is C33H36ClN3O2S. The normalized spacial score (nSPS) is 17.1. The van der Waals surface area contributed by atoms with E-state index in [2.05, 4.69) is 35.3 Å². The fraction of sp³-hybridized carbons (Fsp3) is 0.333. The van der Waals surface area contributed by atoms with E-state index >= 15 is 0 Å². The SMILES string of the molecule is CCc1ccc(-c2ccc(N(C)C=O)cc2)cc1CN(C(=O)c1sc2ccccc2c1Cl)C1CCC(NC)CC1. The second-order valence-corrected chi connectivity index (χ2v) is 12.0. The van der Waals surface area contributed by atoms with E-state index in [9.17, 15) is 9.59 Å². The van der Waals surface area contributed by atoms with E-state index in [-0.39, 0.29) is 11.9 Å². The molecule has 1 N–H and O–H groups in total. The first kappa shape index (κ1) is 28.3. The number of carbonyl (C=O) groups is 2. The molecule has 5 rings (SSSR count). The summed E-state index contributed by atoms with van der Waals surface area (Å²) in [5, 5.41) is 4.92. The molecular weight excluding hydrogens is 538 g/mol. The molecule has 1 aliphatic rings. The van der Waals surface area contributed by atoms with Crippen LogP contribution < -0.4 is 10.2 Å². The number of nitrogens with one attached hydrogen (secondary N) is 1. The van der Waals surface area contributed by atoms with E-state index in [0.29, 0.717) is 22.5 Å². The van der Waals surface area contributed by atoms with E-state index in [1.165, 1.54) is 16.9 Å². The highest BCUT2D eigenvalue weighted by molar-refractivity contribution is 7.21. The van der Waals surface area contributed by atoms with E-state index in [1.54, 1.807) is 11.9 Å². The van der Waals surface area contributed by atoms with Crippen molar-refractivity contribution in [3.63, 3.8) is 0 Å². The maximum atomic E-state index is 14.3. The van der Waals surface area contributed by atoms with Gasteiger partial charge < -0.3 is 15.1 Å². The molecule has 3 aromatic carbocycles. The molecule has 208 valence electrons. The molecule has 0 aliphatic heterocycles. The van der Waals surface area contributed by atoms with Gasteiger partial charge in [0, 0.05) is 41.4 Å². The van der Waals surface area contributed by atoms with Crippen molar-refractivity contribution >= 4 is 51.0 Å². The third-order valence-electron chi connectivity index (χ3n) is 8.23.